The summed E-state index contributed by atoms with van der Waals surface area (Å²) in [6.45, 7) is 5.45. The van der Waals surface area contributed by atoms with Gasteiger partial charge in [0.1, 0.15) is 6.04 Å². The second-order valence-electron chi connectivity index (χ2n) is 7.35. The first-order chi connectivity index (χ1) is 13.8. The molecule has 1 aliphatic rings. The highest BCUT2D eigenvalue weighted by Gasteiger charge is 2.53. The van der Waals surface area contributed by atoms with Crippen LogP contribution in [-0.2, 0) is 14.8 Å². The summed E-state index contributed by atoms with van der Waals surface area (Å²) >= 11 is 0. The minimum atomic E-state index is -4.11. The second-order valence-corrected chi connectivity index (χ2v) is 9.19. The summed E-state index contributed by atoms with van der Waals surface area (Å²) in [5.74, 6) is -2.02. The number of nitrogens with zero attached hydrogens (tertiary/aromatic N) is 1. The molecule has 154 valence electrons. The Morgan fingerprint density at radius 3 is 2.38 bits per heavy atom. The van der Waals surface area contributed by atoms with Crippen molar-refractivity contribution in [3.05, 3.63) is 78.4 Å². The normalized spacial score (nSPS) is 23.6. The van der Waals surface area contributed by atoms with Gasteiger partial charge >= 0.3 is 5.97 Å². The van der Waals surface area contributed by atoms with Crippen molar-refractivity contribution in [3.63, 3.8) is 0 Å². The first-order valence-corrected chi connectivity index (χ1v) is 10.9. The lowest BCUT2D eigenvalue weighted by Gasteiger charge is -2.29. The van der Waals surface area contributed by atoms with Gasteiger partial charge in [-0.1, -0.05) is 54.1 Å². The number of carboxylic acids is 1. The Hall–Kier alpha value is -2.48. The number of rotatable bonds is 7. The average molecular weight is 416 g/mol. The Balaban J connectivity index is 2.14. The van der Waals surface area contributed by atoms with Crippen molar-refractivity contribution in [1.82, 2.24) is 4.31 Å². The van der Waals surface area contributed by atoms with Crippen LogP contribution in [0.25, 0.3) is 0 Å². The molecule has 29 heavy (non-hydrogen) atoms. The Morgan fingerprint density at radius 1 is 1.21 bits per heavy atom. The van der Waals surface area contributed by atoms with Crippen molar-refractivity contribution in [3.8, 4) is 0 Å². The van der Waals surface area contributed by atoms with Gasteiger partial charge < -0.3 is 10.2 Å². The topological polar surface area (TPSA) is 94.9 Å². The van der Waals surface area contributed by atoms with Crippen molar-refractivity contribution in [1.29, 1.82) is 0 Å². The van der Waals surface area contributed by atoms with Crippen molar-refractivity contribution >= 4 is 16.0 Å². The molecular formula is C22H25NO5S. The molecule has 0 aromatic heterocycles. The van der Waals surface area contributed by atoms with Crippen LogP contribution in [-0.4, -0.2) is 41.1 Å². The SMILES string of the molecule is C=CC[C@@H](O)[C@@H]1C[C@@H](c2ccccc2)N(S(=O)(=O)c2ccc(C)cc2)[C@H]1C(=O)O. The third kappa shape index (κ3) is 4.12. The molecule has 6 nitrogen and oxygen atoms in total. The predicted molar refractivity (Wildman–Crippen MR) is 110 cm³/mol. The maximum atomic E-state index is 13.5. The molecule has 7 heteroatoms. The fourth-order valence-corrected chi connectivity index (χ4v) is 5.80. The smallest absolute Gasteiger partial charge is 0.322 e. The standard InChI is InChI=1S/C22H25NO5S/c1-3-7-20(24)18-14-19(16-8-5-4-6-9-16)23(21(18)22(25)26)29(27,28)17-12-10-15(2)11-13-17/h3-6,8-13,18-21,24H,1,7,14H2,2H3,(H,25,26)/t18-,19-,20+,21+/m0/s1. The molecule has 1 heterocycles. The maximum absolute atomic E-state index is 13.5. The molecule has 1 fully saturated rings. The van der Waals surface area contributed by atoms with Crippen LogP contribution in [0.15, 0.2) is 72.1 Å². The van der Waals surface area contributed by atoms with E-state index in [0.29, 0.717) is 5.56 Å². The largest absolute Gasteiger partial charge is 0.480 e. The van der Waals surface area contributed by atoms with Crippen LogP contribution in [0.4, 0.5) is 0 Å². The summed E-state index contributed by atoms with van der Waals surface area (Å²) in [6.07, 6.45) is 0.909. The Labute approximate surface area is 171 Å². The van der Waals surface area contributed by atoms with Crippen LogP contribution < -0.4 is 0 Å². The molecule has 0 spiro atoms. The second kappa shape index (κ2) is 8.49. The van der Waals surface area contributed by atoms with E-state index < -0.39 is 40.1 Å². The van der Waals surface area contributed by atoms with E-state index in [1.165, 1.54) is 18.2 Å². The van der Waals surface area contributed by atoms with Crippen LogP contribution in [0.1, 0.15) is 30.0 Å². The fourth-order valence-electron chi connectivity index (χ4n) is 3.99. The van der Waals surface area contributed by atoms with Crippen molar-refractivity contribution < 1.29 is 23.4 Å². The predicted octanol–water partition coefficient (Wildman–Crippen LogP) is 3.14. The van der Waals surface area contributed by atoms with Crippen molar-refractivity contribution in [2.75, 3.05) is 0 Å². The van der Waals surface area contributed by atoms with E-state index >= 15 is 0 Å². The quantitative estimate of drug-likeness (QED) is 0.678. The molecule has 1 aliphatic heterocycles. The van der Waals surface area contributed by atoms with E-state index in [1.54, 1.807) is 36.4 Å². The third-order valence-corrected chi connectivity index (χ3v) is 7.32. The highest BCUT2D eigenvalue weighted by atomic mass is 32.2. The zero-order valence-corrected chi connectivity index (χ0v) is 17.0. The molecular weight excluding hydrogens is 390 g/mol. The van der Waals surface area contributed by atoms with Crippen molar-refractivity contribution in [2.24, 2.45) is 5.92 Å². The van der Waals surface area contributed by atoms with Gasteiger partial charge in [0.15, 0.2) is 0 Å². The van der Waals surface area contributed by atoms with E-state index in [2.05, 4.69) is 6.58 Å². The van der Waals surface area contributed by atoms with Gasteiger partial charge in [-0.15, -0.1) is 6.58 Å². The molecule has 2 N–H and O–H groups in total. The van der Waals surface area contributed by atoms with E-state index in [1.807, 2.05) is 13.0 Å². The molecule has 1 saturated heterocycles. The lowest BCUT2D eigenvalue weighted by Crippen LogP contribution is -2.46. The Bertz CT molecular complexity index is 972. The minimum Gasteiger partial charge on any atom is -0.480 e. The summed E-state index contributed by atoms with van der Waals surface area (Å²) in [6, 6.07) is 13.2. The van der Waals surface area contributed by atoms with Crippen LogP contribution in [0.2, 0.25) is 0 Å². The van der Waals surface area contributed by atoms with E-state index in [0.717, 1.165) is 9.87 Å². The molecule has 0 bridgehead atoms. The number of benzene rings is 2. The summed E-state index contributed by atoms with van der Waals surface area (Å²) in [4.78, 5) is 12.2. The lowest BCUT2D eigenvalue weighted by atomic mass is 9.90. The average Bonchev–Trinajstić information content (AvgIpc) is 3.11. The number of aliphatic carboxylic acids is 1. The van der Waals surface area contributed by atoms with Crippen LogP contribution in [0.3, 0.4) is 0 Å². The molecule has 0 amide bonds. The van der Waals surface area contributed by atoms with Crippen LogP contribution in [0.5, 0.6) is 0 Å². The minimum absolute atomic E-state index is 0.0362. The summed E-state index contributed by atoms with van der Waals surface area (Å²) in [7, 11) is -4.11. The van der Waals surface area contributed by atoms with E-state index in [9.17, 15) is 23.4 Å². The lowest BCUT2D eigenvalue weighted by molar-refractivity contribution is -0.143. The Kier molecular flexibility index (Phi) is 6.21. The zero-order chi connectivity index (χ0) is 21.2. The zero-order valence-electron chi connectivity index (χ0n) is 16.2. The number of aliphatic hydroxyl groups is 1. The van der Waals surface area contributed by atoms with Crippen molar-refractivity contribution in [2.45, 2.75) is 42.8 Å². The number of hydrogen-bond acceptors (Lipinski definition) is 4. The van der Waals surface area contributed by atoms with Gasteiger partial charge in [0, 0.05) is 5.92 Å². The highest BCUT2D eigenvalue weighted by Crippen LogP contribution is 2.45. The summed E-state index contributed by atoms with van der Waals surface area (Å²) in [5.41, 5.74) is 1.60. The van der Waals surface area contributed by atoms with Gasteiger partial charge in [0.2, 0.25) is 10.0 Å². The van der Waals surface area contributed by atoms with Gasteiger partial charge in [-0.3, -0.25) is 4.79 Å². The Morgan fingerprint density at radius 2 is 1.83 bits per heavy atom. The molecule has 0 aliphatic carbocycles. The molecule has 2 aromatic carbocycles. The molecule has 0 unspecified atom stereocenters. The van der Waals surface area contributed by atoms with Crippen LogP contribution >= 0.6 is 0 Å². The third-order valence-electron chi connectivity index (χ3n) is 5.42. The first-order valence-electron chi connectivity index (χ1n) is 9.44. The maximum Gasteiger partial charge on any atom is 0.322 e. The fraction of sp³-hybridized carbons (Fsp3) is 0.318. The molecule has 0 saturated carbocycles. The molecule has 4 atom stereocenters. The molecule has 3 rings (SSSR count). The number of hydrogen-bond donors (Lipinski definition) is 2. The summed E-state index contributed by atoms with van der Waals surface area (Å²) in [5, 5.41) is 20.5. The van der Waals surface area contributed by atoms with Gasteiger partial charge in [-0.25, -0.2) is 8.42 Å². The number of aliphatic hydroxyl groups excluding tert-OH is 1. The van der Waals surface area contributed by atoms with Gasteiger partial charge in [-0.2, -0.15) is 4.31 Å². The molecule has 2 aromatic rings. The number of aryl methyl sites for hydroxylation is 1. The van der Waals surface area contributed by atoms with Crippen LogP contribution in [0, 0.1) is 12.8 Å². The van der Waals surface area contributed by atoms with E-state index in [-0.39, 0.29) is 17.7 Å². The number of sulfonamides is 1. The number of carboxylic acid groups (broad SMARTS) is 1. The first kappa shape index (κ1) is 21.2. The van der Waals surface area contributed by atoms with Gasteiger partial charge in [0.05, 0.1) is 17.0 Å². The summed E-state index contributed by atoms with van der Waals surface area (Å²) < 4.78 is 28.1. The monoisotopic (exact) mass is 415 g/mol. The molecule has 0 radical (unpaired) electrons. The van der Waals surface area contributed by atoms with Gasteiger partial charge in [0.25, 0.3) is 0 Å². The van der Waals surface area contributed by atoms with E-state index in [4.69, 9.17) is 0 Å². The number of carbonyl (C=O) groups is 1. The van der Waals surface area contributed by atoms with Gasteiger partial charge in [-0.05, 0) is 37.5 Å². The highest BCUT2D eigenvalue weighted by molar-refractivity contribution is 7.89.